The molecule has 0 bridgehead atoms. The van der Waals surface area contributed by atoms with Crippen LogP contribution >= 0.6 is 23.2 Å². The molecule has 222 valence electrons. The number of carboxylic acids is 1. The molecular formula is C31H30Cl2F3N3O3. The molecule has 3 aromatic carbocycles. The molecule has 1 saturated heterocycles. The zero-order chi connectivity index (χ0) is 31.2. The summed E-state index contributed by atoms with van der Waals surface area (Å²) in [6.07, 6.45) is 0.648. The Morgan fingerprint density at radius 3 is 2.31 bits per heavy atom. The van der Waals surface area contributed by atoms with Crippen LogP contribution in [0.25, 0.3) is 0 Å². The van der Waals surface area contributed by atoms with Crippen molar-refractivity contribution in [3.63, 3.8) is 0 Å². The van der Waals surface area contributed by atoms with E-state index in [1.807, 2.05) is 20.8 Å². The van der Waals surface area contributed by atoms with Crippen LogP contribution in [0.5, 0.6) is 0 Å². The van der Waals surface area contributed by atoms with Gasteiger partial charge in [-0.1, -0.05) is 68.2 Å². The van der Waals surface area contributed by atoms with Gasteiger partial charge in [-0.2, -0.15) is 5.26 Å². The minimum Gasteiger partial charge on any atom is -0.478 e. The van der Waals surface area contributed by atoms with Crippen molar-refractivity contribution in [2.45, 2.75) is 39.8 Å². The molecule has 11 heteroatoms. The number of rotatable bonds is 5. The standard InChI is InChI=1S/C25H26ClF2N3O3.C6H4ClF/c1-25(2,3)10-15-13-31(22(18(15)11-29)17-5-4-6-19(26)21(17)28)24(34)30-12-14-7-8-16(23(32)33)20(27)9-14;7-5-2-1-3-6(8)4-5/h4-9,15,18,22H,10,12-13H2,1-3H3,(H,30,34)(H,32,33);1-4H. The highest BCUT2D eigenvalue weighted by Crippen LogP contribution is 2.46. The fourth-order valence-corrected chi connectivity index (χ4v) is 5.34. The second kappa shape index (κ2) is 14.0. The van der Waals surface area contributed by atoms with Crippen molar-refractivity contribution in [3.8, 4) is 6.07 Å². The Morgan fingerprint density at radius 2 is 1.76 bits per heavy atom. The number of nitriles is 1. The van der Waals surface area contributed by atoms with Gasteiger partial charge in [-0.05, 0) is 59.7 Å². The van der Waals surface area contributed by atoms with Crippen LogP contribution in [-0.4, -0.2) is 28.6 Å². The van der Waals surface area contributed by atoms with E-state index in [1.165, 1.54) is 35.2 Å². The van der Waals surface area contributed by atoms with Crippen molar-refractivity contribution in [2.24, 2.45) is 17.3 Å². The largest absolute Gasteiger partial charge is 0.478 e. The lowest BCUT2D eigenvalue weighted by atomic mass is 9.78. The summed E-state index contributed by atoms with van der Waals surface area (Å²) in [5.74, 6) is -4.10. The summed E-state index contributed by atoms with van der Waals surface area (Å²) in [4.78, 5) is 25.6. The van der Waals surface area contributed by atoms with Gasteiger partial charge in [0.25, 0.3) is 0 Å². The first kappa shape index (κ1) is 32.8. The molecule has 3 atom stereocenters. The van der Waals surface area contributed by atoms with Crippen LogP contribution in [0.15, 0.2) is 60.7 Å². The van der Waals surface area contributed by atoms with Crippen molar-refractivity contribution in [1.29, 1.82) is 5.26 Å². The van der Waals surface area contributed by atoms with Gasteiger partial charge in [0, 0.05) is 23.7 Å². The van der Waals surface area contributed by atoms with Crippen molar-refractivity contribution in [3.05, 3.63) is 105 Å². The van der Waals surface area contributed by atoms with Crippen LogP contribution in [0.1, 0.15) is 54.7 Å². The second-order valence-corrected chi connectivity index (χ2v) is 12.0. The number of hydrogen-bond donors (Lipinski definition) is 2. The van der Waals surface area contributed by atoms with Gasteiger partial charge in [-0.15, -0.1) is 0 Å². The number of likely N-dealkylation sites (tertiary alicyclic amines) is 1. The highest BCUT2D eigenvalue weighted by Gasteiger charge is 2.47. The Bertz CT molecular complexity index is 1470. The molecule has 0 saturated carbocycles. The average Bonchev–Trinajstić information content (AvgIpc) is 3.25. The zero-order valence-corrected chi connectivity index (χ0v) is 24.7. The predicted octanol–water partition coefficient (Wildman–Crippen LogP) is 8.25. The summed E-state index contributed by atoms with van der Waals surface area (Å²) in [6, 6.07) is 14.8. The highest BCUT2D eigenvalue weighted by atomic mass is 35.5. The molecule has 1 aliphatic heterocycles. The Morgan fingerprint density at radius 1 is 1.07 bits per heavy atom. The fraction of sp³-hybridized carbons (Fsp3) is 0.323. The molecule has 0 spiro atoms. The second-order valence-electron chi connectivity index (χ2n) is 11.1. The first-order chi connectivity index (χ1) is 19.7. The summed E-state index contributed by atoms with van der Waals surface area (Å²) in [5.41, 5.74) is -0.0494. The number of aromatic carboxylic acids is 1. The number of carbonyl (C=O) groups is 2. The van der Waals surface area contributed by atoms with Crippen LogP contribution in [-0.2, 0) is 6.54 Å². The molecule has 2 amide bonds. The van der Waals surface area contributed by atoms with Crippen LogP contribution in [0, 0.1) is 46.0 Å². The van der Waals surface area contributed by atoms with E-state index in [-0.39, 0.29) is 40.8 Å². The summed E-state index contributed by atoms with van der Waals surface area (Å²) in [6.45, 7) is 6.28. The number of nitrogens with zero attached hydrogens (tertiary/aromatic N) is 2. The van der Waals surface area contributed by atoms with Gasteiger partial charge in [0.15, 0.2) is 0 Å². The van der Waals surface area contributed by atoms with E-state index in [4.69, 9.17) is 28.3 Å². The first-order valence-electron chi connectivity index (χ1n) is 13.0. The number of urea groups is 1. The lowest BCUT2D eigenvalue weighted by molar-refractivity contribution is 0.0691. The van der Waals surface area contributed by atoms with E-state index in [0.29, 0.717) is 17.0 Å². The van der Waals surface area contributed by atoms with E-state index in [1.54, 1.807) is 18.2 Å². The lowest BCUT2D eigenvalue weighted by Crippen LogP contribution is -2.40. The Hall–Kier alpha value is -3.74. The minimum atomic E-state index is -1.39. The van der Waals surface area contributed by atoms with E-state index >= 15 is 0 Å². The molecular weight excluding hydrogens is 590 g/mol. The summed E-state index contributed by atoms with van der Waals surface area (Å²) < 4.78 is 41.1. The monoisotopic (exact) mass is 619 g/mol. The maximum absolute atomic E-state index is 15.0. The smallest absolute Gasteiger partial charge is 0.338 e. The number of benzene rings is 3. The number of hydrogen-bond acceptors (Lipinski definition) is 3. The van der Waals surface area contributed by atoms with E-state index in [0.717, 1.165) is 12.1 Å². The van der Waals surface area contributed by atoms with E-state index in [2.05, 4.69) is 11.4 Å². The maximum Gasteiger partial charge on any atom is 0.338 e. The summed E-state index contributed by atoms with van der Waals surface area (Å²) >= 11 is 11.4. The van der Waals surface area contributed by atoms with Gasteiger partial charge in [-0.25, -0.2) is 22.8 Å². The molecule has 1 heterocycles. The number of amides is 2. The SMILES string of the molecule is CC(C)(C)CC1CN(C(=O)NCc2ccc(C(=O)O)c(F)c2)C(c2cccc(Cl)c2F)C1C#N.Fc1cccc(Cl)c1. The molecule has 0 radical (unpaired) electrons. The molecule has 1 aliphatic rings. The quantitative estimate of drug-likeness (QED) is 0.301. The molecule has 42 heavy (non-hydrogen) atoms. The van der Waals surface area contributed by atoms with Gasteiger partial charge in [-0.3, -0.25) is 0 Å². The number of carboxylic acid groups (broad SMARTS) is 1. The average molecular weight is 620 g/mol. The van der Waals surface area contributed by atoms with Crippen molar-refractivity contribution in [2.75, 3.05) is 6.54 Å². The molecule has 6 nitrogen and oxygen atoms in total. The van der Waals surface area contributed by atoms with Crippen LogP contribution in [0.2, 0.25) is 10.0 Å². The van der Waals surface area contributed by atoms with Crippen molar-refractivity contribution >= 4 is 35.2 Å². The molecule has 3 aromatic rings. The third-order valence-corrected chi connectivity index (χ3v) is 7.22. The topological polar surface area (TPSA) is 93.4 Å². The van der Waals surface area contributed by atoms with Gasteiger partial charge < -0.3 is 15.3 Å². The number of nitrogens with one attached hydrogen (secondary N) is 1. The Balaban J connectivity index is 0.000000521. The van der Waals surface area contributed by atoms with E-state index < -0.39 is 41.2 Å². The summed E-state index contributed by atoms with van der Waals surface area (Å²) in [5, 5.41) is 22.0. The predicted molar refractivity (Wildman–Crippen MR) is 155 cm³/mol. The molecule has 3 unspecified atom stereocenters. The van der Waals surface area contributed by atoms with Gasteiger partial charge in [0.2, 0.25) is 0 Å². The normalized spacial score (nSPS) is 18.1. The van der Waals surface area contributed by atoms with Crippen LogP contribution < -0.4 is 5.32 Å². The third kappa shape index (κ3) is 8.40. The van der Waals surface area contributed by atoms with Crippen LogP contribution in [0.3, 0.4) is 0 Å². The Labute approximate surface area is 252 Å². The van der Waals surface area contributed by atoms with Gasteiger partial charge in [0.05, 0.1) is 28.6 Å². The Kier molecular flexibility index (Phi) is 10.9. The van der Waals surface area contributed by atoms with E-state index in [9.17, 15) is 28.0 Å². The highest BCUT2D eigenvalue weighted by molar-refractivity contribution is 6.31. The molecule has 1 fully saturated rings. The maximum atomic E-state index is 15.0. The number of halogens is 5. The van der Waals surface area contributed by atoms with Crippen molar-refractivity contribution in [1.82, 2.24) is 10.2 Å². The lowest BCUT2D eigenvalue weighted by Gasteiger charge is -2.27. The minimum absolute atomic E-state index is 0.0714. The van der Waals surface area contributed by atoms with Crippen LogP contribution in [0.4, 0.5) is 18.0 Å². The molecule has 2 N–H and O–H groups in total. The third-order valence-electron chi connectivity index (χ3n) is 6.69. The van der Waals surface area contributed by atoms with Gasteiger partial charge in [0.1, 0.15) is 17.5 Å². The van der Waals surface area contributed by atoms with Gasteiger partial charge >= 0.3 is 12.0 Å². The molecule has 0 aromatic heterocycles. The fourth-order valence-electron chi connectivity index (χ4n) is 4.99. The summed E-state index contributed by atoms with van der Waals surface area (Å²) in [7, 11) is 0. The molecule has 0 aliphatic carbocycles. The van der Waals surface area contributed by atoms with Crippen molar-refractivity contribution < 1.29 is 27.9 Å². The molecule has 4 rings (SSSR count). The first-order valence-corrected chi connectivity index (χ1v) is 13.8. The number of carbonyl (C=O) groups excluding carboxylic acids is 1. The zero-order valence-electron chi connectivity index (χ0n) is 23.2.